The van der Waals surface area contributed by atoms with Gasteiger partial charge in [0.25, 0.3) is 0 Å². The summed E-state index contributed by atoms with van der Waals surface area (Å²) < 4.78 is 11.1. The molecule has 1 heterocycles. The molecule has 0 N–H and O–H groups in total. The van der Waals surface area contributed by atoms with Crippen LogP contribution in [0.1, 0.15) is 5.56 Å². The first-order valence-corrected chi connectivity index (χ1v) is 7.61. The van der Waals surface area contributed by atoms with Gasteiger partial charge in [0.15, 0.2) is 0 Å². The fraction of sp³-hybridized carbons (Fsp3) is 0.105. The van der Waals surface area contributed by atoms with Crippen LogP contribution in [0.25, 0.3) is 11.1 Å². The first-order valence-electron chi connectivity index (χ1n) is 7.23. The second kappa shape index (κ2) is 7.16. The van der Waals surface area contributed by atoms with E-state index < -0.39 is 0 Å². The van der Waals surface area contributed by atoms with Gasteiger partial charge in [0, 0.05) is 11.8 Å². The van der Waals surface area contributed by atoms with Crippen LogP contribution in [-0.2, 0) is 6.61 Å². The van der Waals surface area contributed by atoms with Gasteiger partial charge in [-0.25, -0.2) is 4.98 Å². The summed E-state index contributed by atoms with van der Waals surface area (Å²) in [7, 11) is 1.64. The molecule has 0 unspecified atom stereocenters. The van der Waals surface area contributed by atoms with Crippen LogP contribution in [0.15, 0.2) is 66.9 Å². The van der Waals surface area contributed by atoms with Crippen molar-refractivity contribution in [1.29, 1.82) is 0 Å². The number of benzene rings is 2. The van der Waals surface area contributed by atoms with E-state index in [-0.39, 0.29) is 0 Å². The maximum absolute atomic E-state index is 6.10. The molecule has 0 amide bonds. The molecule has 4 heteroatoms. The van der Waals surface area contributed by atoms with Gasteiger partial charge >= 0.3 is 0 Å². The van der Waals surface area contributed by atoms with Crippen LogP contribution < -0.4 is 9.47 Å². The molecule has 3 rings (SSSR count). The van der Waals surface area contributed by atoms with Gasteiger partial charge in [-0.15, -0.1) is 0 Å². The molecule has 116 valence electrons. The van der Waals surface area contributed by atoms with E-state index >= 15 is 0 Å². The zero-order chi connectivity index (χ0) is 16.1. The molecule has 0 bridgehead atoms. The lowest BCUT2D eigenvalue weighted by Gasteiger charge is -2.11. The van der Waals surface area contributed by atoms with E-state index in [0.29, 0.717) is 17.5 Å². The first-order chi connectivity index (χ1) is 11.3. The fourth-order valence-electron chi connectivity index (χ4n) is 2.25. The zero-order valence-electron chi connectivity index (χ0n) is 12.7. The minimum Gasteiger partial charge on any atom is -0.497 e. The summed E-state index contributed by atoms with van der Waals surface area (Å²) in [6.45, 7) is 0.457. The van der Waals surface area contributed by atoms with Gasteiger partial charge in [0.1, 0.15) is 12.4 Å². The molecule has 0 saturated carbocycles. The van der Waals surface area contributed by atoms with Crippen LogP contribution in [-0.4, -0.2) is 12.1 Å². The molecule has 3 aromatic rings. The van der Waals surface area contributed by atoms with Crippen LogP contribution in [0.5, 0.6) is 11.6 Å². The van der Waals surface area contributed by atoms with Crippen LogP contribution in [0.4, 0.5) is 0 Å². The Morgan fingerprint density at radius 3 is 2.43 bits per heavy atom. The van der Waals surface area contributed by atoms with Crippen molar-refractivity contribution >= 4 is 11.6 Å². The third-order valence-electron chi connectivity index (χ3n) is 3.44. The van der Waals surface area contributed by atoms with Crippen molar-refractivity contribution in [1.82, 2.24) is 4.98 Å². The monoisotopic (exact) mass is 325 g/mol. The van der Waals surface area contributed by atoms with E-state index in [1.165, 1.54) is 0 Å². The van der Waals surface area contributed by atoms with Crippen molar-refractivity contribution in [3.8, 4) is 22.8 Å². The number of rotatable bonds is 5. The van der Waals surface area contributed by atoms with E-state index in [9.17, 15) is 0 Å². The third kappa shape index (κ3) is 3.82. The number of pyridine rings is 1. The van der Waals surface area contributed by atoms with Crippen molar-refractivity contribution in [3.63, 3.8) is 0 Å². The molecule has 23 heavy (non-hydrogen) atoms. The lowest BCUT2D eigenvalue weighted by Crippen LogP contribution is -1.99. The second-order valence-corrected chi connectivity index (χ2v) is 5.45. The Morgan fingerprint density at radius 1 is 1.00 bits per heavy atom. The maximum Gasteiger partial charge on any atom is 0.221 e. The minimum atomic E-state index is 0.457. The van der Waals surface area contributed by atoms with E-state index in [2.05, 4.69) is 4.98 Å². The molecule has 0 fully saturated rings. The average Bonchev–Trinajstić information content (AvgIpc) is 2.61. The topological polar surface area (TPSA) is 31.4 Å². The van der Waals surface area contributed by atoms with Gasteiger partial charge in [-0.2, -0.15) is 0 Å². The SMILES string of the molecule is COc1ccc(-c2cc(Cl)cnc2OCc2ccccc2)cc1. The number of methoxy groups -OCH3 is 1. The van der Waals surface area contributed by atoms with Gasteiger partial charge in [-0.1, -0.05) is 54.1 Å². The Bertz CT molecular complexity index is 773. The number of aromatic nitrogens is 1. The van der Waals surface area contributed by atoms with Crippen molar-refractivity contribution in [2.24, 2.45) is 0 Å². The molecule has 0 spiro atoms. The standard InChI is InChI=1S/C19H16ClNO2/c1-22-17-9-7-15(8-10-17)18-11-16(20)12-21-19(18)23-13-14-5-3-2-4-6-14/h2-12H,13H2,1H3. The normalized spacial score (nSPS) is 10.3. The molecule has 2 aromatic carbocycles. The van der Waals surface area contributed by atoms with Crippen molar-refractivity contribution in [2.45, 2.75) is 6.61 Å². The number of nitrogens with zero attached hydrogens (tertiary/aromatic N) is 1. The minimum absolute atomic E-state index is 0.457. The molecular formula is C19H16ClNO2. The highest BCUT2D eigenvalue weighted by molar-refractivity contribution is 6.30. The highest BCUT2D eigenvalue weighted by Gasteiger charge is 2.10. The van der Waals surface area contributed by atoms with Crippen molar-refractivity contribution in [2.75, 3.05) is 7.11 Å². The smallest absolute Gasteiger partial charge is 0.221 e. The quantitative estimate of drug-likeness (QED) is 0.662. The highest BCUT2D eigenvalue weighted by atomic mass is 35.5. The number of hydrogen-bond acceptors (Lipinski definition) is 3. The summed E-state index contributed by atoms with van der Waals surface area (Å²) in [5, 5.41) is 0.572. The van der Waals surface area contributed by atoms with E-state index in [0.717, 1.165) is 22.4 Å². The molecule has 0 aliphatic rings. The van der Waals surface area contributed by atoms with E-state index in [1.54, 1.807) is 13.3 Å². The molecule has 3 nitrogen and oxygen atoms in total. The fourth-order valence-corrected chi connectivity index (χ4v) is 2.40. The molecular weight excluding hydrogens is 310 g/mol. The maximum atomic E-state index is 6.10. The number of ether oxygens (including phenoxy) is 2. The Kier molecular flexibility index (Phi) is 4.79. The van der Waals surface area contributed by atoms with Crippen molar-refractivity contribution < 1.29 is 9.47 Å². The third-order valence-corrected chi connectivity index (χ3v) is 3.64. The Morgan fingerprint density at radius 2 is 1.74 bits per heavy atom. The van der Waals surface area contributed by atoms with E-state index in [1.807, 2.05) is 60.7 Å². The molecule has 0 saturated heterocycles. The lowest BCUT2D eigenvalue weighted by molar-refractivity contribution is 0.295. The summed E-state index contributed by atoms with van der Waals surface area (Å²) in [6.07, 6.45) is 1.59. The van der Waals surface area contributed by atoms with Gasteiger partial charge in [-0.05, 0) is 29.3 Å². The largest absolute Gasteiger partial charge is 0.497 e. The molecule has 0 atom stereocenters. The summed E-state index contributed by atoms with van der Waals surface area (Å²) in [5.41, 5.74) is 2.92. The van der Waals surface area contributed by atoms with Crippen LogP contribution in [0.3, 0.4) is 0 Å². The van der Waals surface area contributed by atoms with Crippen LogP contribution in [0, 0.1) is 0 Å². The highest BCUT2D eigenvalue weighted by Crippen LogP contribution is 2.32. The van der Waals surface area contributed by atoms with Crippen molar-refractivity contribution in [3.05, 3.63) is 77.4 Å². The van der Waals surface area contributed by atoms with Crippen LogP contribution >= 0.6 is 11.6 Å². The van der Waals surface area contributed by atoms with Gasteiger partial charge in [0.2, 0.25) is 5.88 Å². The summed E-state index contributed by atoms with van der Waals surface area (Å²) in [5.74, 6) is 1.36. The van der Waals surface area contributed by atoms with E-state index in [4.69, 9.17) is 21.1 Å². The molecule has 0 aliphatic carbocycles. The van der Waals surface area contributed by atoms with Gasteiger partial charge in [0.05, 0.1) is 12.1 Å². The molecule has 1 aromatic heterocycles. The predicted octanol–water partition coefficient (Wildman–Crippen LogP) is 4.99. The van der Waals surface area contributed by atoms with Gasteiger partial charge in [-0.3, -0.25) is 0 Å². The average molecular weight is 326 g/mol. The van der Waals surface area contributed by atoms with Crippen LogP contribution in [0.2, 0.25) is 5.02 Å². The summed E-state index contributed by atoms with van der Waals surface area (Å²) in [6, 6.07) is 19.6. The van der Waals surface area contributed by atoms with Gasteiger partial charge < -0.3 is 9.47 Å². The second-order valence-electron chi connectivity index (χ2n) is 5.01. The lowest BCUT2D eigenvalue weighted by atomic mass is 10.1. The first kappa shape index (κ1) is 15.4. The predicted molar refractivity (Wildman–Crippen MR) is 92.0 cm³/mol. The molecule has 0 radical (unpaired) electrons. The summed E-state index contributed by atoms with van der Waals surface area (Å²) >= 11 is 6.10. The molecule has 0 aliphatic heterocycles. The number of halogens is 1. The Labute approximate surface area is 140 Å². The Hall–Kier alpha value is -2.52. The zero-order valence-corrected chi connectivity index (χ0v) is 13.5. The summed E-state index contributed by atoms with van der Waals surface area (Å²) in [4.78, 5) is 4.33. The Balaban J connectivity index is 1.88. The number of hydrogen-bond donors (Lipinski definition) is 0.